The van der Waals surface area contributed by atoms with E-state index in [0.29, 0.717) is 18.2 Å². The second-order valence-electron chi connectivity index (χ2n) is 3.84. The largest absolute Gasteiger partial charge is 0.451 e. The zero-order chi connectivity index (χ0) is 8.97. The minimum Gasteiger partial charge on any atom is -0.427 e. The summed E-state index contributed by atoms with van der Waals surface area (Å²) in [6.07, 6.45) is 5.08. The summed E-state index contributed by atoms with van der Waals surface area (Å²) < 4.78 is 0. The van der Waals surface area contributed by atoms with Crippen LogP contribution in [0.3, 0.4) is 0 Å². The maximum absolute atomic E-state index is 8.67. The molecule has 0 spiro atoms. The summed E-state index contributed by atoms with van der Waals surface area (Å²) in [6, 6.07) is 0. The first-order valence-electron chi connectivity index (χ1n) is 4.78. The molecule has 0 aromatic carbocycles. The maximum Gasteiger partial charge on any atom is 0.451 e. The van der Waals surface area contributed by atoms with Crippen molar-refractivity contribution in [1.82, 2.24) is 0 Å². The van der Waals surface area contributed by atoms with Gasteiger partial charge in [0.2, 0.25) is 0 Å². The first kappa shape index (κ1) is 10.0. The monoisotopic (exact) mass is 171 g/mol. The third-order valence-corrected chi connectivity index (χ3v) is 2.82. The van der Waals surface area contributed by atoms with E-state index >= 15 is 0 Å². The lowest BCUT2D eigenvalue weighted by Gasteiger charge is -2.08. The Hall–Kier alpha value is -0.0551. The lowest BCUT2D eigenvalue weighted by atomic mass is 9.80. The van der Waals surface area contributed by atoms with Gasteiger partial charge in [-0.1, -0.05) is 12.8 Å². The molecule has 1 aliphatic rings. The first-order valence-corrected chi connectivity index (χ1v) is 4.78. The molecular formula is C8H18BNO2. The summed E-state index contributed by atoms with van der Waals surface area (Å²) in [6.45, 7) is 0.790. The second kappa shape index (κ2) is 4.85. The van der Waals surface area contributed by atoms with Crippen molar-refractivity contribution >= 4 is 7.12 Å². The Bertz CT molecular complexity index is 132. The lowest BCUT2D eigenvalue weighted by molar-refractivity contribution is 0.389. The van der Waals surface area contributed by atoms with E-state index in [4.69, 9.17) is 15.8 Å². The molecule has 0 radical (unpaired) electrons. The van der Waals surface area contributed by atoms with Gasteiger partial charge in [0, 0.05) is 0 Å². The number of hydrogen-bond donors (Lipinski definition) is 3. The molecule has 4 heteroatoms. The maximum atomic E-state index is 8.67. The van der Waals surface area contributed by atoms with E-state index in [2.05, 4.69) is 0 Å². The molecule has 3 nitrogen and oxygen atoms in total. The van der Waals surface area contributed by atoms with Crippen molar-refractivity contribution in [3.8, 4) is 0 Å². The molecule has 1 rings (SSSR count). The summed E-state index contributed by atoms with van der Waals surface area (Å²) >= 11 is 0. The molecule has 0 bridgehead atoms. The van der Waals surface area contributed by atoms with E-state index in [9.17, 15) is 0 Å². The van der Waals surface area contributed by atoms with Crippen molar-refractivity contribution in [3.05, 3.63) is 0 Å². The average molecular weight is 171 g/mol. The molecule has 0 saturated heterocycles. The Morgan fingerprint density at radius 1 is 1.25 bits per heavy atom. The predicted octanol–water partition coefficient (Wildman–Crippen LogP) is 0.224. The van der Waals surface area contributed by atoms with E-state index in [-0.39, 0.29) is 0 Å². The Kier molecular flexibility index (Phi) is 4.05. The molecule has 12 heavy (non-hydrogen) atoms. The van der Waals surface area contributed by atoms with Gasteiger partial charge in [-0.25, -0.2) is 0 Å². The number of hydrogen-bond acceptors (Lipinski definition) is 3. The Morgan fingerprint density at radius 3 is 2.42 bits per heavy atom. The lowest BCUT2D eigenvalue weighted by Crippen LogP contribution is -2.13. The molecule has 2 atom stereocenters. The number of nitrogens with two attached hydrogens (primary N) is 1. The summed E-state index contributed by atoms with van der Waals surface area (Å²) in [5.74, 6) is 1.37. The molecule has 70 valence electrons. The van der Waals surface area contributed by atoms with Crippen LogP contribution in [0.2, 0.25) is 6.32 Å². The van der Waals surface area contributed by atoms with Crippen LogP contribution in [0.4, 0.5) is 0 Å². The zero-order valence-corrected chi connectivity index (χ0v) is 7.45. The molecular weight excluding hydrogens is 153 g/mol. The van der Waals surface area contributed by atoms with Gasteiger partial charge >= 0.3 is 7.12 Å². The summed E-state index contributed by atoms with van der Waals surface area (Å²) in [5, 5.41) is 17.3. The quantitative estimate of drug-likeness (QED) is 0.530. The van der Waals surface area contributed by atoms with Crippen molar-refractivity contribution in [3.63, 3.8) is 0 Å². The minimum absolute atomic E-state index is 0.516. The van der Waals surface area contributed by atoms with Gasteiger partial charge in [-0.3, -0.25) is 0 Å². The zero-order valence-electron chi connectivity index (χ0n) is 7.45. The molecule has 1 fully saturated rings. The molecule has 2 unspecified atom stereocenters. The molecule has 0 aromatic heterocycles. The van der Waals surface area contributed by atoms with Gasteiger partial charge in [0.05, 0.1) is 0 Å². The van der Waals surface area contributed by atoms with Crippen LogP contribution in [0.15, 0.2) is 0 Å². The van der Waals surface area contributed by atoms with Crippen LogP contribution in [0.25, 0.3) is 0 Å². The standard InChI is InChI=1S/C8H18BNO2/c10-6-8-2-1-7(5-8)3-4-9(11)12/h7-8,11-12H,1-6,10H2. The van der Waals surface area contributed by atoms with Gasteiger partial charge in [-0.15, -0.1) is 0 Å². The van der Waals surface area contributed by atoms with Crippen LogP contribution in [-0.4, -0.2) is 23.7 Å². The van der Waals surface area contributed by atoms with Crippen LogP contribution < -0.4 is 5.73 Å². The highest BCUT2D eigenvalue weighted by molar-refractivity contribution is 6.40. The highest BCUT2D eigenvalue weighted by Gasteiger charge is 2.24. The highest BCUT2D eigenvalue weighted by Crippen LogP contribution is 2.33. The van der Waals surface area contributed by atoms with E-state index in [1.165, 1.54) is 19.3 Å². The van der Waals surface area contributed by atoms with Crippen LogP contribution in [0.1, 0.15) is 25.7 Å². The Morgan fingerprint density at radius 2 is 1.92 bits per heavy atom. The molecule has 4 N–H and O–H groups in total. The van der Waals surface area contributed by atoms with Gasteiger partial charge in [0.1, 0.15) is 0 Å². The van der Waals surface area contributed by atoms with Crippen molar-refractivity contribution < 1.29 is 10.0 Å². The van der Waals surface area contributed by atoms with Gasteiger partial charge in [0.25, 0.3) is 0 Å². The highest BCUT2D eigenvalue weighted by atomic mass is 16.4. The fourth-order valence-corrected chi connectivity index (χ4v) is 2.04. The normalized spacial score (nSPS) is 29.2. The SMILES string of the molecule is NCC1CCC(CCB(O)O)C1. The average Bonchev–Trinajstić information content (AvgIpc) is 2.48. The van der Waals surface area contributed by atoms with Crippen molar-refractivity contribution in [2.75, 3.05) is 6.54 Å². The van der Waals surface area contributed by atoms with Crippen LogP contribution in [0, 0.1) is 11.8 Å². The fraction of sp³-hybridized carbons (Fsp3) is 1.00. The van der Waals surface area contributed by atoms with E-state index in [1.807, 2.05) is 0 Å². The van der Waals surface area contributed by atoms with Crippen molar-refractivity contribution in [2.45, 2.75) is 32.0 Å². The van der Waals surface area contributed by atoms with E-state index < -0.39 is 7.12 Å². The molecule has 1 saturated carbocycles. The van der Waals surface area contributed by atoms with Crippen LogP contribution >= 0.6 is 0 Å². The molecule has 0 aromatic rings. The summed E-state index contributed by atoms with van der Waals surface area (Å²) in [7, 11) is -1.12. The molecule has 0 heterocycles. The van der Waals surface area contributed by atoms with Crippen molar-refractivity contribution in [1.29, 1.82) is 0 Å². The Labute approximate surface area is 74.1 Å². The number of rotatable bonds is 4. The predicted molar refractivity (Wildman–Crippen MR) is 49.5 cm³/mol. The smallest absolute Gasteiger partial charge is 0.427 e. The first-order chi connectivity index (χ1) is 5.72. The molecule has 0 amide bonds. The van der Waals surface area contributed by atoms with Gasteiger partial charge in [0.15, 0.2) is 0 Å². The van der Waals surface area contributed by atoms with Crippen molar-refractivity contribution in [2.24, 2.45) is 17.6 Å². The molecule has 1 aliphatic carbocycles. The summed E-state index contributed by atoms with van der Waals surface area (Å²) in [4.78, 5) is 0. The van der Waals surface area contributed by atoms with Crippen LogP contribution in [-0.2, 0) is 0 Å². The summed E-state index contributed by atoms with van der Waals surface area (Å²) in [5.41, 5.74) is 5.55. The molecule has 0 aliphatic heterocycles. The third kappa shape index (κ3) is 3.13. The fourth-order valence-electron chi connectivity index (χ4n) is 2.04. The van der Waals surface area contributed by atoms with E-state index in [0.717, 1.165) is 13.0 Å². The topological polar surface area (TPSA) is 66.5 Å². The van der Waals surface area contributed by atoms with Gasteiger partial charge in [-0.2, -0.15) is 0 Å². The second-order valence-corrected chi connectivity index (χ2v) is 3.84. The third-order valence-electron chi connectivity index (χ3n) is 2.82. The van der Waals surface area contributed by atoms with Gasteiger partial charge in [-0.05, 0) is 37.5 Å². The van der Waals surface area contributed by atoms with Gasteiger partial charge < -0.3 is 15.8 Å². The van der Waals surface area contributed by atoms with Crippen LogP contribution in [0.5, 0.6) is 0 Å². The van der Waals surface area contributed by atoms with E-state index in [1.54, 1.807) is 0 Å². The Balaban J connectivity index is 2.11. The minimum atomic E-state index is -1.12.